The van der Waals surface area contributed by atoms with Gasteiger partial charge < -0.3 is 10.2 Å². The van der Waals surface area contributed by atoms with Crippen LogP contribution in [0.1, 0.15) is 29.9 Å². The maximum Gasteiger partial charge on any atom is 0.271 e. The molecule has 2 amide bonds. The van der Waals surface area contributed by atoms with Crippen molar-refractivity contribution in [3.8, 4) is 0 Å². The minimum absolute atomic E-state index is 0.0827. The lowest BCUT2D eigenvalue weighted by Gasteiger charge is -2.32. The first-order valence-corrected chi connectivity index (χ1v) is 7.71. The van der Waals surface area contributed by atoms with Crippen molar-refractivity contribution in [1.82, 2.24) is 25.0 Å². The Balaban J connectivity index is 1.68. The van der Waals surface area contributed by atoms with Crippen molar-refractivity contribution < 1.29 is 9.59 Å². The quantitative estimate of drug-likeness (QED) is 0.816. The Morgan fingerprint density at radius 1 is 1.42 bits per heavy atom. The third-order valence-electron chi connectivity index (χ3n) is 4.20. The van der Waals surface area contributed by atoms with Gasteiger partial charge in [0.2, 0.25) is 11.8 Å². The highest BCUT2D eigenvalue weighted by Gasteiger charge is 2.34. The molecule has 0 spiro atoms. The van der Waals surface area contributed by atoms with Gasteiger partial charge in [-0.3, -0.25) is 29.1 Å². The second-order valence-electron chi connectivity index (χ2n) is 5.84. The molecule has 3 rings (SSSR count). The smallest absolute Gasteiger partial charge is 0.271 e. The molecule has 1 atom stereocenters. The van der Waals surface area contributed by atoms with Gasteiger partial charge in [-0.05, 0) is 19.1 Å². The molecule has 0 radical (unpaired) electrons. The van der Waals surface area contributed by atoms with E-state index in [1.54, 1.807) is 26.2 Å². The third kappa shape index (κ3) is 2.94. The molecule has 2 aromatic rings. The number of nitrogens with zero attached hydrogens (tertiary/aromatic N) is 3. The Hall–Kier alpha value is -2.90. The first-order valence-electron chi connectivity index (χ1n) is 7.71. The summed E-state index contributed by atoms with van der Waals surface area (Å²) in [6, 6.07) is 5.01. The monoisotopic (exact) mass is 329 g/mol. The highest BCUT2D eigenvalue weighted by molar-refractivity contribution is 5.87. The topological polar surface area (TPSA) is 100 Å². The number of carbonyl (C=O) groups excluding carboxylic acids is 2. The highest BCUT2D eigenvalue weighted by atomic mass is 16.2. The number of rotatable bonds is 4. The second kappa shape index (κ2) is 6.31. The van der Waals surface area contributed by atoms with E-state index in [1.165, 1.54) is 9.58 Å². The van der Waals surface area contributed by atoms with Gasteiger partial charge in [-0.2, -0.15) is 0 Å². The van der Waals surface area contributed by atoms with E-state index in [0.717, 1.165) is 5.69 Å². The molecular weight excluding hydrogens is 310 g/mol. The maximum atomic E-state index is 12.3. The zero-order valence-corrected chi connectivity index (χ0v) is 13.6. The SMILES string of the molecule is CC1c2c([nH]n(C)c2=O)CC(=O)N1CC(=O)NCc1ccccn1. The molecule has 8 nitrogen and oxygen atoms in total. The van der Waals surface area contributed by atoms with E-state index in [-0.39, 0.29) is 30.3 Å². The fraction of sp³-hybridized carbons (Fsp3) is 0.375. The molecule has 24 heavy (non-hydrogen) atoms. The largest absolute Gasteiger partial charge is 0.349 e. The van der Waals surface area contributed by atoms with Crippen molar-refractivity contribution in [3.63, 3.8) is 0 Å². The molecule has 126 valence electrons. The van der Waals surface area contributed by atoms with Gasteiger partial charge in [0, 0.05) is 13.2 Å². The van der Waals surface area contributed by atoms with Crippen molar-refractivity contribution in [2.24, 2.45) is 7.05 Å². The van der Waals surface area contributed by atoms with Crippen molar-refractivity contribution in [1.29, 1.82) is 0 Å². The predicted octanol–water partition coefficient (Wildman–Crippen LogP) is -0.129. The molecule has 1 unspecified atom stereocenters. The Kier molecular flexibility index (Phi) is 4.20. The number of hydrogen-bond acceptors (Lipinski definition) is 4. The standard InChI is InChI=1S/C16H19N5O3/c1-10-15-12(19-20(2)16(15)24)7-14(23)21(10)9-13(22)18-8-11-5-3-4-6-17-11/h3-6,10,19H,7-9H2,1-2H3,(H,18,22). The fourth-order valence-corrected chi connectivity index (χ4v) is 2.94. The first-order chi connectivity index (χ1) is 11.5. The van der Waals surface area contributed by atoms with E-state index in [9.17, 15) is 14.4 Å². The van der Waals surface area contributed by atoms with Crippen molar-refractivity contribution >= 4 is 11.8 Å². The summed E-state index contributed by atoms with van der Waals surface area (Å²) in [4.78, 5) is 42.2. The van der Waals surface area contributed by atoms with Crippen LogP contribution in [0.15, 0.2) is 29.2 Å². The van der Waals surface area contributed by atoms with Crippen LogP contribution in [0.3, 0.4) is 0 Å². The van der Waals surface area contributed by atoms with Crippen LogP contribution >= 0.6 is 0 Å². The molecule has 0 aliphatic carbocycles. The van der Waals surface area contributed by atoms with Gasteiger partial charge >= 0.3 is 0 Å². The molecule has 8 heteroatoms. The minimum atomic E-state index is -0.438. The summed E-state index contributed by atoms with van der Waals surface area (Å²) >= 11 is 0. The van der Waals surface area contributed by atoms with E-state index in [4.69, 9.17) is 0 Å². The van der Waals surface area contributed by atoms with E-state index in [2.05, 4.69) is 15.4 Å². The summed E-state index contributed by atoms with van der Waals surface area (Å²) in [6.45, 7) is 1.98. The van der Waals surface area contributed by atoms with Gasteiger partial charge in [-0.1, -0.05) is 6.07 Å². The number of H-pyrrole nitrogens is 1. The van der Waals surface area contributed by atoms with Crippen LogP contribution in [0, 0.1) is 0 Å². The van der Waals surface area contributed by atoms with Gasteiger partial charge in [0.1, 0.15) is 6.54 Å². The number of fused-ring (bicyclic) bond motifs is 1. The average Bonchev–Trinajstić information content (AvgIpc) is 2.85. The normalized spacial score (nSPS) is 16.8. The van der Waals surface area contributed by atoms with Crippen molar-refractivity contribution in [3.05, 3.63) is 51.7 Å². The second-order valence-corrected chi connectivity index (χ2v) is 5.84. The highest BCUT2D eigenvalue weighted by Crippen LogP contribution is 2.26. The van der Waals surface area contributed by atoms with Crippen LogP contribution in [-0.2, 0) is 29.6 Å². The molecule has 1 aliphatic rings. The van der Waals surface area contributed by atoms with Crippen LogP contribution < -0.4 is 10.9 Å². The summed E-state index contributed by atoms with van der Waals surface area (Å²) in [6.07, 6.45) is 1.75. The first kappa shape index (κ1) is 16.0. The minimum Gasteiger partial charge on any atom is -0.349 e. The Labute approximate surface area is 138 Å². The van der Waals surface area contributed by atoms with Crippen LogP contribution in [0.25, 0.3) is 0 Å². The van der Waals surface area contributed by atoms with Gasteiger partial charge in [-0.25, -0.2) is 0 Å². The number of aromatic nitrogens is 3. The summed E-state index contributed by atoms with van der Waals surface area (Å²) in [5.41, 5.74) is 1.76. The zero-order valence-electron chi connectivity index (χ0n) is 13.6. The Morgan fingerprint density at radius 3 is 2.92 bits per heavy atom. The summed E-state index contributed by atoms with van der Waals surface area (Å²) < 4.78 is 1.36. The Morgan fingerprint density at radius 2 is 2.21 bits per heavy atom. The van der Waals surface area contributed by atoms with Crippen molar-refractivity contribution in [2.75, 3.05) is 6.54 Å². The van der Waals surface area contributed by atoms with Gasteiger partial charge in [0.05, 0.1) is 36.0 Å². The summed E-state index contributed by atoms with van der Waals surface area (Å²) in [5, 5.41) is 5.64. The molecule has 2 aromatic heterocycles. The Bertz CT molecular complexity index is 824. The molecule has 0 fully saturated rings. The average molecular weight is 329 g/mol. The van der Waals surface area contributed by atoms with Crippen LogP contribution in [0.4, 0.5) is 0 Å². The van der Waals surface area contributed by atoms with Crippen LogP contribution in [-0.4, -0.2) is 38.0 Å². The number of amides is 2. The number of carbonyl (C=O) groups is 2. The molecule has 0 saturated carbocycles. The van der Waals surface area contributed by atoms with Crippen LogP contribution in [0.5, 0.6) is 0 Å². The van der Waals surface area contributed by atoms with Gasteiger partial charge in [0.15, 0.2) is 0 Å². The van der Waals surface area contributed by atoms with Gasteiger partial charge in [0.25, 0.3) is 5.56 Å². The van der Waals surface area contributed by atoms with E-state index in [0.29, 0.717) is 17.8 Å². The molecule has 3 heterocycles. The van der Waals surface area contributed by atoms with Crippen molar-refractivity contribution in [2.45, 2.75) is 25.9 Å². The zero-order chi connectivity index (χ0) is 17.3. The molecule has 2 N–H and O–H groups in total. The molecule has 1 aliphatic heterocycles. The number of hydrogen-bond donors (Lipinski definition) is 2. The molecular formula is C16H19N5O3. The number of aryl methyl sites for hydroxylation is 1. The fourth-order valence-electron chi connectivity index (χ4n) is 2.94. The van der Waals surface area contributed by atoms with E-state index >= 15 is 0 Å². The molecule has 0 bridgehead atoms. The number of pyridine rings is 1. The maximum absolute atomic E-state index is 12.3. The lowest BCUT2D eigenvalue weighted by Crippen LogP contribution is -2.46. The van der Waals surface area contributed by atoms with E-state index < -0.39 is 6.04 Å². The lowest BCUT2D eigenvalue weighted by molar-refractivity contribution is -0.138. The van der Waals surface area contributed by atoms with Gasteiger partial charge in [-0.15, -0.1) is 0 Å². The van der Waals surface area contributed by atoms with E-state index in [1.807, 2.05) is 12.1 Å². The lowest BCUT2D eigenvalue weighted by atomic mass is 10.00. The third-order valence-corrected chi connectivity index (χ3v) is 4.20. The molecule has 0 saturated heterocycles. The predicted molar refractivity (Wildman–Crippen MR) is 85.9 cm³/mol. The summed E-state index contributed by atoms with van der Waals surface area (Å²) in [5.74, 6) is -0.457. The summed E-state index contributed by atoms with van der Waals surface area (Å²) in [7, 11) is 1.61. The number of aromatic amines is 1. The van der Waals surface area contributed by atoms with Crippen LogP contribution in [0.2, 0.25) is 0 Å². The molecule has 0 aromatic carbocycles. The number of nitrogens with one attached hydrogen (secondary N) is 2.